The van der Waals surface area contributed by atoms with Gasteiger partial charge in [-0.3, -0.25) is 9.59 Å². The van der Waals surface area contributed by atoms with Gasteiger partial charge in [-0.1, -0.05) is 281 Å². The molecule has 0 aromatic heterocycles. The molecule has 11 nitrogen and oxygen atoms in total. The van der Waals surface area contributed by atoms with E-state index in [1.54, 1.807) is 6.08 Å². The molecule has 7 atom stereocenters. The van der Waals surface area contributed by atoms with Crippen LogP contribution in [0, 0.1) is 0 Å². The third-order valence-corrected chi connectivity index (χ3v) is 16.2. The van der Waals surface area contributed by atoms with Gasteiger partial charge in [-0.05, 0) is 70.6 Å². The van der Waals surface area contributed by atoms with E-state index in [-0.39, 0.29) is 18.5 Å². The number of nitrogens with one attached hydrogen (secondary N) is 1. The lowest BCUT2D eigenvalue weighted by Gasteiger charge is -2.40. The first-order valence-corrected chi connectivity index (χ1v) is 34.3. The highest BCUT2D eigenvalue weighted by atomic mass is 16.7. The first-order chi connectivity index (χ1) is 39.2. The highest BCUT2D eigenvalue weighted by molar-refractivity contribution is 5.76. The third-order valence-electron chi connectivity index (χ3n) is 16.2. The third kappa shape index (κ3) is 47.3. The number of carbonyl (C=O) groups excluding carboxylic acids is 2. The number of amides is 1. The molecule has 0 bridgehead atoms. The van der Waals surface area contributed by atoms with Gasteiger partial charge in [0.05, 0.1) is 32.0 Å². The molecule has 7 unspecified atom stereocenters. The standard InChI is InChI=1S/C69H129NO10/c1-3-5-7-9-11-13-15-16-29-32-36-39-43-47-51-55-62(72)61(60-79-69-68(77)67(76)66(75)63(59-71)80-69)70-64(73)56-52-48-44-40-37-33-30-27-25-23-21-19-17-18-20-22-24-26-28-31-34-38-42-46-50-54-58-78-65(74)57-53-49-45-41-35-14-12-10-8-6-4-2/h17,19,36,39,51,55,61-63,66-69,71-72,75-77H,3-16,18,20-35,37-38,40-50,52-54,56-60H2,1-2H3,(H,70,73)/b19-17-,39-36+,55-51+. The Hall–Kier alpha value is -2.12. The van der Waals surface area contributed by atoms with Crippen LogP contribution in [0.25, 0.3) is 0 Å². The largest absolute Gasteiger partial charge is 0.466 e. The summed E-state index contributed by atoms with van der Waals surface area (Å²) in [5, 5.41) is 54.5. The average molecular weight is 1130 g/mol. The van der Waals surface area contributed by atoms with E-state index in [2.05, 4.69) is 43.5 Å². The smallest absolute Gasteiger partial charge is 0.305 e. The fourth-order valence-corrected chi connectivity index (χ4v) is 10.8. The Balaban J connectivity index is 2.04. The SMILES string of the molecule is CCCCCCCCCCC/C=C/CC/C=C/C(O)C(COC1OC(CO)C(O)C(O)C1O)NC(=O)CCCCCCCCCCCC/C=C\CCCCCCCCCCCCCCOC(=O)CCCCCCCCCCCCC. The normalized spacial score (nSPS) is 18.5. The summed E-state index contributed by atoms with van der Waals surface area (Å²) in [7, 11) is 0. The van der Waals surface area contributed by atoms with Crippen molar-refractivity contribution < 1.29 is 49.3 Å². The molecule has 0 aromatic carbocycles. The number of ether oxygens (including phenoxy) is 3. The molecule has 0 aromatic rings. The van der Waals surface area contributed by atoms with Crippen LogP contribution in [0.3, 0.4) is 0 Å². The van der Waals surface area contributed by atoms with Crippen molar-refractivity contribution in [2.45, 2.75) is 371 Å². The summed E-state index contributed by atoms with van der Waals surface area (Å²) < 4.78 is 16.7. The molecular weight excluding hydrogens is 1000 g/mol. The quantitative estimate of drug-likeness (QED) is 0.0195. The maximum atomic E-state index is 13.1. The molecule has 1 saturated heterocycles. The van der Waals surface area contributed by atoms with Crippen molar-refractivity contribution in [3.05, 3.63) is 36.5 Å². The minimum atomic E-state index is -1.58. The van der Waals surface area contributed by atoms with E-state index in [0.717, 1.165) is 57.8 Å². The fourth-order valence-electron chi connectivity index (χ4n) is 10.8. The monoisotopic (exact) mass is 1130 g/mol. The van der Waals surface area contributed by atoms with E-state index in [4.69, 9.17) is 14.2 Å². The van der Waals surface area contributed by atoms with Gasteiger partial charge in [-0.25, -0.2) is 0 Å². The van der Waals surface area contributed by atoms with E-state index in [1.807, 2.05) is 6.08 Å². The zero-order valence-electron chi connectivity index (χ0n) is 52.1. The summed E-state index contributed by atoms with van der Waals surface area (Å²) >= 11 is 0. The van der Waals surface area contributed by atoms with Crippen LogP contribution in [0.5, 0.6) is 0 Å². The molecule has 6 N–H and O–H groups in total. The van der Waals surface area contributed by atoms with Crippen LogP contribution in [0.2, 0.25) is 0 Å². The first-order valence-electron chi connectivity index (χ1n) is 34.3. The van der Waals surface area contributed by atoms with Crippen LogP contribution < -0.4 is 5.32 Å². The number of rotatable bonds is 60. The number of unbranched alkanes of at least 4 members (excludes halogenated alkanes) is 42. The van der Waals surface area contributed by atoms with Crippen molar-refractivity contribution in [3.8, 4) is 0 Å². The van der Waals surface area contributed by atoms with E-state index < -0.39 is 49.5 Å². The zero-order chi connectivity index (χ0) is 58.0. The number of allylic oxidation sites excluding steroid dienone is 5. The second-order valence-electron chi connectivity index (χ2n) is 23.9. The molecule has 1 aliphatic heterocycles. The molecule has 1 heterocycles. The van der Waals surface area contributed by atoms with Crippen LogP contribution in [-0.2, 0) is 23.8 Å². The molecule has 1 aliphatic rings. The highest BCUT2D eigenvalue weighted by Gasteiger charge is 2.44. The maximum absolute atomic E-state index is 13.1. The number of hydrogen-bond donors (Lipinski definition) is 6. The molecule has 80 heavy (non-hydrogen) atoms. The molecule has 1 fully saturated rings. The molecule has 11 heteroatoms. The maximum Gasteiger partial charge on any atom is 0.305 e. The second-order valence-corrected chi connectivity index (χ2v) is 23.9. The lowest BCUT2D eigenvalue weighted by molar-refractivity contribution is -0.302. The van der Waals surface area contributed by atoms with Gasteiger partial charge in [-0.15, -0.1) is 0 Å². The minimum Gasteiger partial charge on any atom is -0.466 e. The number of aliphatic hydroxyl groups is 5. The van der Waals surface area contributed by atoms with Crippen LogP contribution in [0.15, 0.2) is 36.5 Å². The minimum absolute atomic E-state index is 0.00387. The topological polar surface area (TPSA) is 175 Å². The predicted molar refractivity (Wildman–Crippen MR) is 334 cm³/mol. The first kappa shape index (κ1) is 75.9. The average Bonchev–Trinajstić information content (AvgIpc) is 3.45. The highest BCUT2D eigenvalue weighted by Crippen LogP contribution is 2.23. The van der Waals surface area contributed by atoms with Gasteiger partial charge in [0.2, 0.25) is 5.91 Å². The Bertz CT molecular complexity index is 1420. The molecular formula is C69H129NO10. The van der Waals surface area contributed by atoms with Crippen molar-refractivity contribution in [1.82, 2.24) is 5.32 Å². The Morgan fingerprint density at radius 1 is 0.450 bits per heavy atom. The van der Waals surface area contributed by atoms with Gasteiger partial charge < -0.3 is 45.1 Å². The van der Waals surface area contributed by atoms with Gasteiger partial charge in [0.15, 0.2) is 6.29 Å². The van der Waals surface area contributed by atoms with Gasteiger partial charge in [0.25, 0.3) is 0 Å². The summed E-state index contributed by atoms with van der Waals surface area (Å²) in [5.41, 5.74) is 0. The van der Waals surface area contributed by atoms with Gasteiger partial charge in [0, 0.05) is 12.8 Å². The molecule has 0 aliphatic carbocycles. The molecule has 0 saturated carbocycles. The van der Waals surface area contributed by atoms with Gasteiger partial charge in [0.1, 0.15) is 24.4 Å². The van der Waals surface area contributed by atoms with Gasteiger partial charge >= 0.3 is 5.97 Å². The fraction of sp³-hybridized carbons (Fsp3) is 0.884. The zero-order valence-corrected chi connectivity index (χ0v) is 52.1. The second kappa shape index (κ2) is 58.6. The lowest BCUT2D eigenvalue weighted by Crippen LogP contribution is -2.60. The predicted octanol–water partition coefficient (Wildman–Crippen LogP) is 17.0. The molecule has 1 rings (SSSR count). The van der Waals surface area contributed by atoms with Crippen LogP contribution in [0.1, 0.15) is 328 Å². The van der Waals surface area contributed by atoms with E-state index in [1.165, 1.54) is 244 Å². The summed E-state index contributed by atoms with van der Waals surface area (Å²) in [6.07, 6.45) is 64.0. The number of aliphatic hydroxyl groups excluding tert-OH is 5. The molecule has 1 amide bonds. The van der Waals surface area contributed by atoms with Crippen molar-refractivity contribution in [1.29, 1.82) is 0 Å². The summed E-state index contributed by atoms with van der Waals surface area (Å²) in [5.74, 6) is -0.188. The Morgan fingerprint density at radius 3 is 1.24 bits per heavy atom. The Kier molecular flexibility index (Phi) is 55.6. The summed E-state index contributed by atoms with van der Waals surface area (Å²) in [6.45, 7) is 4.35. The lowest BCUT2D eigenvalue weighted by atomic mass is 9.99. The van der Waals surface area contributed by atoms with Crippen molar-refractivity contribution in [2.24, 2.45) is 0 Å². The number of esters is 1. The van der Waals surface area contributed by atoms with E-state index >= 15 is 0 Å². The Labute approximate surface area is 492 Å². The van der Waals surface area contributed by atoms with Crippen LogP contribution in [0.4, 0.5) is 0 Å². The van der Waals surface area contributed by atoms with Crippen molar-refractivity contribution in [2.75, 3.05) is 19.8 Å². The van der Waals surface area contributed by atoms with E-state index in [9.17, 15) is 35.1 Å². The van der Waals surface area contributed by atoms with Gasteiger partial charge in [-0.2, -0.15) is 0 Å². The Morgan fingerprint density at radius 2 is 0.812 bits per heavy atom. The molecule has 0 spiro atoms. The number of hydrogen-bond acceptors (Lipinski definition) is 10. The summed E-state index contributed by atoms with van der Waals surface area (Å²) in [6, 6.07) is -0.829. The summed E-state index contributed by atoms with van der Waals surface area (Å²) in [4.78, 5) is 25.1. The molecule has 0 radical (unpaired) electrons. The molecule has 470 valence electrons. The van der Waals surface area contributed by atoms with Crippen LogP contribution in [-0.4, -0.2) is 100 Å². The van der Waals surface area contributed by atoms with Crippen LogP contribution >= 0.6 is 0 Å². The van der Waals surface area contributed by atoms with Crippen molar-refractivity contribution >= 4 is 11.9 Å². The van der Waals surface area contributed by atoms with Crippen molar-refractivity contribution in [3.63, 3.8) is 0 Å². The number of carbonyl (C=O) groups is 2. The van der Waals surface area contributed by atoms with E-state index in [0.29, 0.717) is 19.4 Å².